The summed E-state index contributed by atoms with van der Waals surface area (Å²) >= 11 is 0.794. The topological polar surface area (TPSA) is 110 Å². The smallest absolute Gasteiger partial charge is 0.294 e. The first-order chi connectivity index (χ1) is 15.9. The average molecular weight is 468 g/mol. The summed E-state index contributed by atoms with van der Waals surface area (Å²) in [5.74, 6) is -0.254. The fraction of sp³-hybridized carbons (Fsp3) is 0.261. The SMILES string of the molecule is O=C(CN1C(=O)S/C(=C\c2cccc(OCc3ccccc3[N+](=O)[O-])c2)C1=O)N1CCCC1. The molecule has 3 amide bonds. The molecule has 4 rings (SSSR count). The standard InChI is InChI=1S/C23H21N3O6S/c27-21(24-10-3-4-11-24)14-25-22(28)20(33-23(25)29)13-16-6-5-8-18(12-16)32-15-17-7-1-2-9-19(17)26(30)31/h1-2,5-9,12-13H,3-4,10-11,14-15H2/b20-13-. The molecule has 0 radical (unpaired) electrons. The van der Waals surface area contributed by atoms with E-state index < -0.39 is 16.1 Å². The van der Waals surface area contributed by atoms with Crippen molar-refractivity contribution in [1.82, 2.24) is 9.80 Å². The fourth-order valence-electron chi connectivity index (χ4n) is 3.66. The van der Waals surface area contributed by atoms with Crippen LogP contribution in [0.3, 0.4) is 0 Å². The summed E-state index contributed by atoms with van der Waals surface area (Å²) in [6.07, 6.45) is 3.44. The van der Waals surface area contributed by atoms with Crippen molar-refractivity contribution < 1.29 is 24.0 Å². The van der Waals surface area contributed by atoms with Crippen LogP contribution in [0.15, 0.2) is 53.4 Å². The first kappa shape index (κ1) is 22.5. The van der Waals surface area contributed by atoms with Gasteiger partial charge in [0.15, 0.2) is 0 Å². The number of ether oxygens (including phenoxy) is 1. The number of hydrogen-bond donors (Lipinski definition) is 0. The third-order valence-corrected chi connectivity index (χ3v) is 6.27. The lowest BCUT2D eigenvalue weighted by molar-refractivity contribution is -0.385. The molecule has 0 atom stereocenters. The number of nitro benzene ring substituents is 1. The van der Waals surface area contributed by atoms with Crippen molar-refractivity contribution in [3.05, 3.63) is 74.7 Å². The summed E-state index contributed by atoms with van der Waals surface area (Å²) in [4.78, 5) is 51.0. The lowest BCUT2D eigenvalue weighted by Crippen LogP contribution is -2.40. The van der Waals surface area contributed by atoms with Gasteiger partial charge in [0.25, 0.3) is 16.8 Å². The van der Waals surface area contributed by atoms with Gasteiger partial charge >= 0.3 is 0 Å². The van der Waals surface area contributed by atoms with Crippen molar-refractivity contribution in [3.63, 3.8) is 0 Å². The van der Waals surface area contributed by atoms with Crippen LogP contribution in [0.4, 0.5) is 10.5 Å². The van der Waals surface area contributed by atoms with Gasteiger partial charge in [0.05, 0.1) is 15.4 Å². The molecular weight excluding hydrogens is 446 g/mol. The lowest BCUT2D eigenvalue weighted by atomic mass is 10.2. The first-order valence-corrected chi connectivity index (χ1v) is 11.2. The normalized spacial score (nSPS) is 17.2. The molecule has 170 valence electrons. The van der Waals surface area contributed by atoms with Gasteiger partial charge in [-0.15, -0.1) is 0 Å². The van der Waals surface area contributed by atoms with E-state index in [-0.39, 0.29) is 29.7 Å². The molecule has 2 aliphatic rings. The molecular formula is C23H21N3O6S. The second-order valence-electron chi connectivity index (χ2n) is 7.60. The van der Waals surface area contributed by atoms with E-state index in [2.05, 4.69) is 0 Å². The summed E-state index contributed by atoms with van der Waals surface area (Å²) in [5, 5.41) is 10.7. The third kappa shape index (κ3) is 5.23. The fourth-order valence-corrected chi connectivity index (χ4v) is 4.49. The van der Waals surface area contributed by atoms with Crippen LogP contribution >= 0.6 is 11.8 Å². The Kier molecular flexibility index (Phi) is 6.74. The summed E-state index contributed by atoms with van der Waals surface area (Å²) in [6.45, 7) is 1.07. The number of benzene rings is 2. The van der Waals surface area contributed by atoms with Crippen molar-refractivity contribution in [1.29, 1.82) is 0 Å². The molecule has 10 heteroatoms. The van der Waals surface area contributed by atoms with E-state index in [1.807, 2.05) is 0 Å². The van der Waals surface area contributed by atoms with Crippen LogP contribution in [0.25, 0.3) is 6.08 Å². The Morgan fingerprint density at radius 3 is 2.64 bits per heavy atom. The quantitative estimate of drug-likeness (QED) is 0.346. The van der Waals surface area contributed by atoms with Crippen LogP contribution in [0.2, 0.25) is 0 Å². The molecule has 0 bridgehead atoms. The van der Waals surface area contributed by atoms with Gasteiger partial charge in [-0.05, 0) is 54.4 Å². The zero-order valence-corrected chi connectivity index (χ0v) is 18.5. The van der Waals surface area contributed by atoms with Crippen LogP contribution < -0.4 is 4.74 Å². The monoisotopic (exact) mass is 467 g/mol. The number of carbonyl (C=O) groups is 3. The van der Waals surface area contributed by atoms with Gasteiger partial charge in [-0.3, -0.25) is 29.4 Å². The zero-order valence-electron chi connectivity index (χ0n) is 17.6. The number of imide groups is 1. The predicted molar refractivity (Wildman–Crippen MR) is 122 cm³/mol. The van der Waals surface area contributed by atoms with Gasteiger partial charge in [-0.25, -0.2) is 0 Å². The Hall–Kier alpha value is -3.66. The Balaban J connectivity index is 1.43. The van der Waals surface area contributed by atoms with E-state index in [4.69, 9.17) is 4.74 Å². The maximum atomic E-state index is 12.7. The Morgan fingerprint density at radius 1 is 1.12 bits per heavy atom. The Labute approximate surface area is 194 Å². The summed E-state index contributed by atoms with van der Waals surface area (Å²) in [6, 6.07) is 13.2. The molecule has 2 aromatic rings. The van der Waals surface area contributed by atoms with Crippen molar-refractivity contribution in [2.24, 2.45) is 0 Å². The highest BCUT2D eigenvalue weighted by Gasteiger charge is 2.37. The molecule has 0 aromatic heterocycles. The number of carbonyl (C=O) groups excluding carboxylic acids is 3. The first-order valence-electron chi connectivity index (χ1n) is 10.4. The molecule has 2 heterocycles. The van der Waals surface area contributed by atoms with Gasteiger partial charge < -0.3 is 9.64 Å². The number of rotatable bonds is 7. The van der Waals surface area contributed by atoms with Crippen molar-refractivity contribution in [3.8, 4) is 5.75 Å². The number of likely N-dealkylation sites (tertiary alicyclic amines) is 1. The Morgan fingerprint density at radius 2 is 1.88 bits per heavy atom. The van der Waals surface area contributed by atoms with E-state index in [1.54, 1.807) is 53.4 Å². The molecule has 0 aliphatic carbocycles. The lowest BCUT2D eigenvalue weighted by Gasteiger charge is -2.18. The molecule has 9 nitrogen and oxygen atoms in total. The van der Waals surface area contributed by atoms with Crippen molar-refractivity contribution in [2.75, 3.05) is 19.6 Å². The van der Waals surface area contributed by atoms with E-state index >= 15 is 0 Å². The molecule has 2 aromatic carbocycles. The van der Waals surface area contributed by atoms with Crippen molar-refractivity contribution >= 4 is 40.6 Å². The minimum Gasteiger partial charge on any atom is -0.489 e. The van der Waals surface area contributed by atoms with Crippen LogP contribution in [0.5, 0.6) is 5.75 Å². The number of nitro groups is 1. The van der Waals surface area contributed by atoms with Crippen LogP contribution in [0.1, 0.15) is 24.0 Å². The van der Waals surface area contributed by atoms with E-state index in [0.29, 0.717) is 30.0 Å². The number of hydrogen-bond acceptors (Lipinski definition) is 7. The molecule has 0 spiro atoms. The number of amides is 3. The second-order valence-corrected chi connectivity index (χ2v) is 8.60. The molecule has 2 fully saturated rings. The van der Waals surface area contributed by atoms with Crippen molar-refractivity contribution in [2.45, 2.75) is 19.4 Å². The number of nitrogens with zero attached hydrogens (tertiary/aromatic N) is 3. The molecule has 0 saturated carbocycles. The zero-order chi connectivity index (χ0) is 23.4. The van der Waals surface area contributed by atoms with E-state index in [0.717, 1.165) is 29.5 Å². The molecule has 2 saturated heterocycles. The highest BCUT2D eigenvalue weighted by molar-refractivity contribution is 8.18. The Bertz CT molecular complexity index is 1140. The highest BCUT2D eigenvalue weighted by Crippen LogP contribution is 2.33. The second kappa shape index (κ2) is 9.86. The molecule has 2 aliphatic heterocycles. The molecule has 0 unspecified atom stereocenters. The molecule has 0 N–H and O–H groups in total. The van der Waals surface area contributed by atoms with Crippen LogP contribution in [-0.2, 0) is 16.2 Å². The molecule has 33 heavy (non-hydrogen) atoms. The highest BCUT2D eigenvalue weighted by atomic mass is 32.2. The summed E-state index contributed by atoms with van der Waals surface area (Å²) in [7, 11) is 0. The summed E-state index contributed by atoms with van der Waals surface area (Å²) < 4.78 is 5.71. The summed E-state index contributed by atoms with van der Waals surface area (Å²) in [5.41, 5.74) is 1.05. The maximum absolute atomic E-state index is 12.7. The minimum atomic E-state index is -0.497. The third-order valence-electron chi connectivity index (χ3n) is 5.36. The van der Waals surface area contributed by atoms with Gasteiger partial charge in [-0.1, -0.05) is 24.3 Å². The van der Waals surface area contributed by atoms with Crippen LogP contribution in [-0.4, -0.2) is 51.4 Å². The number of para-hydroxylation sites is 1. The van der Waals surface area contributed by atoms with Crippen LogP contribution in [0, 0.1) is 10.1 Å². The van der Waals surface area contributed by atoms with Gasteiger partial charge in [0.1, 0.15) is 18.9 Å². The van der Waals surface area contributed by atoms with E-state index in [9.17, 15) is 24.5 Å². The number of thioether (sulfide) groups is 1. The maximum Gasteiger partial charge on any atom is 0.294 e. The largest absolute Gasteiger partial charge is 0.489 e. The van der Waals surface area contributed by atoms with Gasteiger partial charge in [-0.2, -0.15) is 0 Å². The van der Waals surface area contributed by atoms with E-state index in [1.165, 1.54) is 6.07 Å². The minimum absolute atomic E-state index is 0.00966. The predicted octanol–water partition coefficient (Wildman–Crippen LogP) is 3.83. The average Bonchev–Trinajstić information content (AvgIpc) is 3.43. The van der Waals surface area contributed by atoms with Gasteiger partial charge in [0.2, 0.25) is 5.91 Å². The van der Waals surface area contributed by atoms with Gasteiger partial charge in [0, 0.05) is 19.2 Å².